The Balaban J connectivity index is 2.13. The highest BCUT2D eigenvalue weighted by molar-refractivity contribution is 7.59. The number of amides is 8. The average Bonchev–Trinajstić information content (AvgIpc) is 0.764. The average molecular weight is 1990 g/mol. The number of nitrogens with one attached hydrogen (secondary N) is 8. The number of hydrogen-bond acceptors (Lipinski definition) is 29. The zero-order valence-electron chi connectivity index (χ0n) is 84.0. The van der Waals surface area contributed by atoms with Gasteiger partial charge < -0.3 is 132 Å². The molecule has 0 saturated carbocycles. The molecular formula is C98H157N9O29P2-4. The van der Waals surface area contributed by atoms with E-state index in [1.807, 2.05) is 6.92 Å². The summed E-state index contributed by atoms with van der Waals surface area (Å²) in [5.41, 5.74) is 17.9. The summed E-state index contributed by atoms with van der Waals surface area (Å²) in [6, 6.07) is -13.3. The number of carbonyl (C=O) groups excluding carboxylic acids is 11. The van der Waals surface area contributed by atoms with E-state index in [2.05, 4.69) is 183 Å². The van der Waals surface area contributed by atoms with Crippen LogP contribution in [0.2, 0.25) is 0 Å². The predicted molar refractivity (Wildman–Crippen MR) is 510 cm³/mol. The van der Waals surface area contributed by atoms with Crippen molar-refractivity contribution in [2.24, 2.45) is 0 Å². The van der Waals surface area contributed by atoms with Crippen molar-refractivity contribution in [1.82, 2.24) is 42.5 Å². The quantitative estimate of drug-likeness (QED) is 0.0208. The van der Waals surface area contributed by atoms with E-state index in [4.69, 9.17) is 28.0 Å². The molecular weight excluding hydrogens is 1830 g/mol. The number of aliphatic hydroxyl groups is 4. The van der Waals surface area contributed by atoms with Crippen LogP contribution in [0.3, 0.4) is 0 Å². The first-order chi connectivity index (χ1) is 64.8. The van der Waals surface area contributed by atoms with E-state index >= 15 is 0 Å². The van der Waals surface area contributed by atoms with E-state index in [0.717, 1.165) is 156 Å². The predicted octanol–water partition coefficient (Wildman–Crippen LogP) is 5.33. The van der Waals surface area contributed by atoms with Crippen molar-refractivity contribution in [1.29, 1.82) is 0 Å². The SMILES string of the molecule is CC(=O)N[C@H]1[C@H](O[C@H]2[C@H](O[C@H](C)C(=O)N[C@@H](C)C(=O)N[C@H](CCC(=O)N[C@@H](CCCCNC(=O)C[C@@H]([NH3+])C(=O)[O-])C(=O)N[C@H](C)C(=O)N[C@H](C)C(=O)[O-])C(=O)[O-])[C@@H](NC(C)=O)[C@@H](OP(=O)([O-])OP(=O)([O-])OC/C=C(/C)CC/C=C(/C)CC/C=C(/C)CC/C=C(/C)CC/C=C(/C)CC/C=C(/C)CC/C=C(/C)CC/C=C(/C)CC/C=C(\C)CC/C=C(\C)CCC=C(C)C)O[C@@H]2CO)O[C@H](CO)[C@@H](O)[C@@H]1O. The van der Waals surface area contributed by atoms with Gasteiger partial charge in [-0.05, 0) is 265 Å². The number of phosphoric ester groups is 2. The molecule has 0 aromatic heterocycles. The monoisotopic (exact) mass is 1990 g/mol. The molecule has 138 heavy (non-hydrogen) atoms. The second-order valence-electron chi connectivity index (χ2n) is 36.4. The van der Waals surface area contributed by atoms with E-state index in [-0.39, 0.29) is 25.8 Å². The highest BCUT2D eigenvalue weighted by Gasteiger charge is 2.54. The van der Waals surface area contributed by atoms with Gasteiger partial charge in [-0.2, -0.15) is 0 Å². The van der Waals surface area contributed by atoms with Crippen LogP contribution in [0.25, 0.3) is 0 Å². The minimum atomic E-state index is -6.30. The van der Waals surface area contributed by atoms with E-state index < -0.39 is 224 Å². The lowest BCUT2D eigenvalue weighted by atomic mass is 9.94. The summed E-state index contributed by atoms with van der Waals surface area (Å²) >= 11 is 0. The Morgan fingerprint density at radius 3 is 1.20 bits per heavy atom. The molecule has 2 aliphatic heterocycles. The lowest BCUT2D eigenvalue weighted by molar-refractivity contribution is -0.436. The molecule has 40 heteroatoms. The zero-order chi connectivity index (χ0) is 104. The number of carboxylic acid groups (broad SMARTS) is 3. The number of ether oxygens (including phenoxy) is 4. The van der Waals surface area contributed by atoms with Crippen molar-refractivity contribution in [2.75, 3.05) is 26.4 Å². The largest absolute Gasteiger partial charge is 0.756 e. The Labute approximate surface area is 814 Å². The summed E-state index contributed by atoms with van der Waals surface area (Å²) in [7, 11) is -12.2. The van der Waals surface area contributed by atoms with Crippen LogP contribution in [-0.2, 0) is 94.2 Å². The maximum atomic E-state index is 14.2. The molecule has 0 aromatic rings. The van der Waals surface area contributed by atoms with E-state index in [9.17, 15) is 107 Å². The van der Waals surface area contributed by atoms with Gasteiger partial charge in [0.05, 0.1) is 56.2 Å². The van der Waals surface area contributed by atoms with Crippen LogP contribution < -0.4 is 73.4 Å². The van der Waals surface area contributed by atoms with Gasteiger partial charge in [0.25, 0.3) is 15.6 Å². The fourth-order valence-corrected chi connectivity index (χ4v) is 16.6. The number of aliphatic carboxylic acids is 3. The smallest absolute Gasteiger partial charge is 0.276 e. The van der Waals surface area contributed by atoms with Gasteiger partial charge in [-0.1, -0.05) is 128 Å². The number of carbonyl (C=O) groups is 11. The second kappa shape index (κ2) is 66.8. The lowest BCUT2D eigenvalue weighted by Gasteiger charge is -2.50. The van der Waals surface area contributed by atoms with E-state index in [1.165, 1.54) is 63.2 Å². The number of hydrogen-bond donors (Lipinski definition) is 13. The van der Waals surface area contributed by atoms with Gasteiger partial charge in [-0.15, -0.1) is 0 Å². The second-order valence-corrected chi connectivity index (χ2v) is 39.3. The van der Waals surface area contributed by atoms with E-state index in [1.54, 1.807) is 6.92 Å². The van der Waals surface area contributed by atoms with Gasteiger partial charge in [0.1, 0.15) is 79.0 Å². The van der Waals surface area contributed by atoms with Crippen LogP contribution in [0.15, 0.2) is 128 Å². The number of aliphatic hydroxyl groups excluding tert-OH is 4. The Morgan fingerprint density at radius 2 is 0.804 bits per heavy atom. The van der Waals surface area contributed by atoms with Crippen molar-refractivity contribution in [3.8, 4) is 0 Å². The Hall–Kier alpha value is -8.79. The normalized spacial score (nSPS) is 22.0. The Morgan fingerprint density at radius 1 is 0.413 bits per heavy atom. The molecule has 2 fully saturated rings. The summed E-state index contributed by atoms with van der Waals surface area (Å²) in [5, 5.41) is 96.1. The highest BCUT2D eigenvalue weighted by Crippen LogP contribution is 2.57. The number of rotatable bonds is 67. The lowest BCUT2D eigenvalue weighted by Crippen LogP contribution is -2.70. The van der Waals surface area contributed by atoms with Gasteiger partial charge in [-0.3, -0.25) is 52.0 Å². The van der Waals surface area contributed by atoms with Crippen LogP contribution in [-0.4, -0.2) is 216 Å². The van der Waals surface area contributed by atoms with E-state index in [0.29, 0.717) is 18.4 Å². The highest BCUT2D eigenvalue weighted by atomic mass is 31.3. The molecule has 782 valence electrons. The molecule has 2 saturated heterocycles. The summed E-state index contributed by atoms with van der Waals surface area (Å²) < 4.78 is 65.4. The van der Waals surface area contributed by atoms with Crippen molar-refractivity contribution in [3.05, 3.63) is 128 Å². The van der Waals surface area contributed by atoms with Gasteiger partial charge in [0.15, 0.2) is 12.6 Å². The molecule has 0 aromatic carbocycles. The molecule has 0 bridgehead atoms. The summed E-state index contributed by atoms with van der Waals surface area (Å²) in [6.07, 6.45) is 24.4. The fraction of sp³-hybridized carbons (Fsp3) is 0.663. The number of allylic oxidation sites excluding steroid dienone is 21. The molecule has 19 atom stereocenters. The van der Waals surface area contributed by atoms with Crippen LogP contribution >= 0.6 is 15.6 Å². The Kier molecular flexibility index (Phi) is 60.7. The van der Waals surface area contributed by atoms with Gasteiger partial charge in [-0.25, -0.2) is 4.31 Å². The molecule has 2 aliphatic rings. The van der Waals surface area contributed by atoms with Crippen LogP contribution in [0.4, 0.5) is 0 Å². The first kappa shape index (κ1) is 125. The molecule has 8 amide bonds. The number of unbranched alkanes of at least 4 members (excludes halogenated alkanes) is 1. The molecule has 15 N–H and O–H groups in total. The fourth-order valence-electron chi connectivity index (χ4n) is 14.6. The van der Waals surface area contributed by atoms with Crippen molar-refractivity contribution in [3.63, 3.8) is 0 Å². The van der Waals surface area contributed by atoms with Crippen molar-refractivity contribution < 1.29 is 145 Å². The van der Waals surface area contributed by atoms with Crippen LogP contribution in [0.5, 0.6) is 0 Å². The zero-order valence-corrected chi connectivity index (χ0v) is 85.8. The minimum absolute atomic E-state index is 0.0408. The van der Waals surface area contributed by atoms with Gasteiger partial charge in [0, 0.05) is 26.8 Å². The standard InChI is InChI=1S/C98H161N9O29P2/c1-60(2)31-21-32-61(3)33-22-34-62(4)35-23-36-63(5)37-24-38-64(6)39-25-40-65(7)41-26-42-66(8)43-27-44-67(9)45-28-46-68(10)47-29-48-69(11)49-30-50-70(12)54-56-130-137(126,127)136-138(128,129)135-98-85(105-76(18)111)89(88(81(59-109)133-98)134-97-84(104-75(17)110)87(115)86(114)80(58-108)132-97)131-74(16)92(118)101-72(14)91(117)107-79(96(124)125)52-53-82(112)106-78(51-19-20-55-100-83(113)57-77(99)95(122)123)93(119)102-71(13)90(116)103-73(15)94(120)121/h31,33,35,37,39,41,43,45,47,49,54,71-74,77-81,84-89,97-98,108-109,114-115H,19-30,32,34,36,38,40,42,44,46,48,50-53,55-59,99H2,1-18H3,(H,100,113)(H,101,118)(H,102,119)(H,103,116)(H,104,110)(H,105,111)(H,106,112)(H,107,117)(H,120,121)(H,122,123)(H,124,125)(H,126,127)(H,128,129)/p-4/b61-33+,62-35+,63-37-,64-39-,65-41-,66-43-,67-45-,68-47-,69-49-,70-54-/t71-,72+,73-,74-,77-,78+,79-,80-,81-,84-,85-,86-,87-,88-,89-,97+,98-/m1/s1. The topological polar surface area (TPSA) is 607 Å². The molecule has 0 spiro atoms. The molecule has 0 radical (unpaired) electrons. The third kappa shape index (κ3) is 53.7. The number of carboxylic acids is 3. The first-order valence-corrected chi connectivity index (χ1v) is 50.5. The summed E-state index contributed by atoms with van der Waals surface area (Å²) in [6.45, 7) is 29.1. The third-order valence-corrected chi connectivity index (χ3v) is 25.6. The maximum absolute atomic E-state index is 14.2. The third-order valence-electron chi connectivity index (χ3n) is 23.1. The van der Waals surface area contributed by atoms with Crippen LogP contribution in [0.1, 0.15) is 292 Å². The van der Waals surface area contributed by atoms with Crippen molar-refractivity contribution in [2.45, 2.75) is 395 Å². The summed E-state index contributed by atoms with van der Waals surface area (Å²) in [4.78, 5) is 167. The van der Waals surface area contributed by atoms with Crippen molar-refractivity contribution >= 4 is 80.8 Å². The minimum Gasteiger partial charge on any atom is -0.756 e. The number of phosphoric acid groups is 2. The summed E-state index contributed by atoms with van der Waals surface area (Å²) in [5.74, 6) is -13.2. The number of quaternary nitrogens is 1. The van der Waals surface area contributed by atoms with Gasteiger partial charge in [0.2, 0.25) is 47.3 Å². The molecule has 2 heterocycles. The molecule has 38 nitrogen and oxygen atoms in total. The van der Waals surface area contributed by atoms with Gasteiger partial charge >= 0.3 is 0 Å². The maximum Gasteiger partial charge on any atom is 0.276 e. The molecule has 0 aliphatic carbocycles. The molecule has 2 unspecified atom stereocenters. The van der Waals surface area contributed by atoms with Crippen LogP contribution in [0, 0.1) is 0 Å². The Bertz CT molecular complexity index is 4400. The first-order valence-electron chi connectivity index (χ1n) is 47.6. The molecule has 2 rings (SSSR count).